The zero-order valence-corrected chi connectivity index (χ0v) is 10.5. The molecule has 0 spiro atoms. The van der Waals surface area contributed by atoms with E-state index in [9.17, 15) is 4.79 Å². The lowest BCUT2D eigenvalue weighted by atomic mass is 10.4. The van der Waals surface area contributed by atoms with Crippen molar-refractivity contribution in [2.45, 2.75) is 33.6 Å². The van der Waals surface area contributed by atoms with Crippen molar-refractivity contribution in [2.75, 3.05) is 33.5 Å². The van der Waals surface area contributed by atoms with E-state index in [0.29, 0.717) is 26.2 Å². The van der Waals surface area contributed by atoms with Gasteiger partial charge in [0.15, 0.2) is 0 Å². The molecule has 0 saturated heterocycles. The Morgan fingerprint density at radius 3 is 2.07 bits per heavy atom. The third kappa shape index (κ3) is 16.1. The molecule has 0 aromatic heterocycles. The van der Waals surface area contributed by atoms with E-state index in [4.69, 9.17) is 9.47 Å². The molecule has 92 valence electrons. The lowest BCUT2D eigenvalue weighted by Gasteiger charge is -2.04. The number of carbonyl (C=O) groups excluding carboxylic acids is 1. The molecule has 0 atom stereocenters. The number of carbonyl (C=O) groups is 1. The van der Waals surface area contributed by atoms with Crippen molar-refractivity contribution in [3.05, 3.63) is 0 Å². The summed E-state index contributed by atoms with van der Waals surface area (Å²) < 4.78 is 10.4. The summed E-state index contributed by atoms with van der Waals surface area (Å²) in [4.78, 5) is 10.7. The highest BCUT2D eigenvalue weighted by molar-refractivity contribution is 5.75. The lowest BCUT2D eigenvalue weighted by Crippen LogP contribution is -2.19. The second-order valence-corrected chi connectivity index (χ2v) is 2.65. The van der Waals surface area contributed by atoms with E-state index in [-0.39, 0.29) is 5.91 Å². The normalized spacial score (nSPS) is 9.07. The highest BCUT2D eigenvalue weighted by Gasteiger charge is 1.96. The van der Waals surface area contributed by atoms with Crippen molar-refractivity contribution < 1.29 is 14.3 Å². The van der Waals surface area contributed by atoms with E-state index < -0.39 is 0 Å². The van der Waals surface area contributed by atoms with Crippen LogP contribution in [0.4, 0.5) is 0 Å². The first-order valence-corrected chi connectivity index (χ1v) is 5.67. The number of ether oxygens (including phenoxy) is 2. The molecule has 1 amide bonds. The van der Waals surface area contributed by atoms with Gasteiger partial charge in [0, 0.05) is 20.1 Å². The predicted octanol–water partition coefficient (Wildman–Crippen LogP) is 1.59. The Morgan fingerprint density at radius 1 is 1.07 bits per heavy atom. The van der Waals surface area contributed by atoms with Crippen molar-refractivity contribution in [1.29, 1.82) is 0 Å². The topological polar surface area (TPSA) is 47.6 Å². The van der Waals surface area contributed by atoms with Crippen LogP contribution in [0.25, 0.3) is 0 Å². The van der Waals surface area contributed by atoms with Gasteiger partial charge < -0.3 is 14.8 Å². The molecule has 4 heteroatoms. The van der Waals surface area contributed by atoms with E-state index in [1.807, 2.05) is 13.8 Å². The van der Waals surface area contributed by atoms with Crippen LogP contribution in [0.3, 0.4) is 0 Å². The third-order valence-corrected chi connectivity index (χ3v) is 1.47. The second kappa shape index (κ2) is 15.8. The molecule has 0 bridgehead atoms. The Balaban J connectivity index is 0. The summed E-state index contributed by atoms with van der Waals surface area (Å²) in [5, 5.41) is 2.53. The molecule has 1 N–H and O–H groups in total. The van der Waals surface area contributed by atoms with Gasteiger partial charge in [-0.15, -0.1) is 0 Å². The molecule has 0 fully saturated rings. The first-order valence-electron chi connectivity index (χ1n) is 5.67. The van der Waals surface area contributed by atoms with E-state index in [1.165, 1.54) is 0 Å². The fourth-order valence-electron chi connectivity index (χ4n) is 0.756. The number of hydrogen-bond acceptors (Lipinski definition) is 3. The molecule has 0 aliphatic heterocycles. The minimum atomic E-state index is 0.00877. The van der Waals surface area contributed by atoms with Gasteiger partial charge in [0.2, 0.25) is 5.91 Å². The van der Waals surface area contributed by atoms with Gasteiger partial charge in [-0.2, -0.15) is 0 Å². The van der Waals surface area contributed by atoms with Gasteiger partial charge in [-0.05, 0) is 6.42 Å². The van der Waals surface area contributed by atoms with E-state index >= 15 is 0 Å². The fraction of sp³-hybridized carbons (Fsp3) is 0.909. The zero-order chi connectivity index (χ0) is 11.9. The van der Waals surface area contributed by atoms with Gasteiger partial charge in [-0.3, -0.25) is 4.79 Å². The molecule has 0 heterocycles. The maximum atomic E-state index is 10.7. The fourth-order valence-corrected chi connectivity index (χ4v) is 0.756. The largest absolute Gasteiger partial charge is 0.379 e. The molecule has 0 aliphatic carbocycles. The van der Waals surface area contributed by atoms with E-state index in [1.54, 1.807) is 7.05 Å². The molecular formula is C11H25NO3. The molecule has 0 aromatic rings. The molecule has 0 radical (unpaired) electrons. The number of rotatable bonds is 8. The maximum absolute atomic E-state index is 10.7. The van der Waals surface area contributed by atoms with Crippen LogP contribution in [0, 0.1) is 0 Å². The van der Waals surface area contributed by atoms with Crippen LogP contribution < -0.4 is 5.32 Å². The first kappa shape index (κ1) is 16.8. The van der Waals surface area contributed by atoms with Gasteiger partial charge in [0.25, 0.3) is 0 Å². The summed E-state index contributed by atoms with van der Waals surface area (Å²) in [6.07, 6.45) is 1.45. The molecule has 0 unspecified atom stereocenters. The van der Waals surface area contributed by atoms with E-state index in [2.05, 4.69) is 12.2 Å². The quantitative estimate of drug-likeness (QED) is 0.631. The van der Waals surface area contributed by atoms with Crippen LogP contribution in [0.15, 0.2) is 0 Å². The molecule has 4 nitrogen and oxygen atoms in total. The average molecular weight is 219 g/mol. The predicted molar refractivity (Wildman–Crippen MR) is 62.0 cm³/mol. The van der Waals surface area contributed by atoms with Crippen LogP contribution >= 0.6 is 0 Å². The highest BCUT2D eigenvalue weighted by Crippen LogP contribution is 1.84. The van der Waals surface area contributed by atoms with Crippen molar-refractivity contribution in [1.82, 2.24) is 5.32 Å². The van der Waals surface area contributed by atoms with Crippen molar-refractivity contribution in [3.8, 4) is 0 Å². The standard InChI is InChI=1S/C9H19NO3.C2H6/c1-3-5-12-7-8-13-6-4-9(11)10-2;1-2/h3-8H2,1-2H3,(H,10,11);1-2H3. The lowest BCUT2D eigenvalue weighted by molar-refractivity contribution is -0.121. The summed E-state index contributed by atoms with van der Waals surface area (Å²) >= 11 is 0. The Labute approximate surface area is 93.3 Å². The van der Waals surface area contributed by atoms with Gasteiger partial charge in [0.1, 0.15) is 0 Å². The summed E-state index contributed by atoms with van der Waals surface area (Å²) in [6, 6.07) is 0. The summed E-state index contributed by atoms with van der Waals surface area (Å²) in [7, 11) is 1.62. The van der Waals surface area contributed by atoms with Crippen LogP contribution in [-0.4, -0.2) is 39.4 Å². The average Bonchev–Trinajstić information content (AvgIpc) is 2.30. The monoisotopic (exact) mass is 219 g/mol. The molecule has 0 saturated carbocycles. The first-order chi connectivity index (χ1) is 7.31. The van der Waals surface area contributed by atoms with Crippen LogP contribution in [0.2, 0.25) is 0 Å². The minimum Gasteiger partial charge on any atom is -0.379 e. The minimum absolute atomic E-state index is 0.00877. The van der Waals surface area contributed by atoms with Crippen LogP contribution in [0.5, 0.6) is 0 Å². The Morgan fingerprint density at radius 2 is 1.60 bits per heavy atom. The SMILES string of the molecule is CC.CCCOCCOCCC(=O)NC. The zero-order valence-electron chi connectivity index (χ0n) is 10.5. The molecule has 0 aromatic carbocycles. The van der Waals surface area contributed by atoms with Crippen LogP contribution in [-0.2, 0) is 14.3 Å². The van der Waals surface area contributed by atoms with Crippen molar-refractivity contribution >= 4 is 5.91 Å². The number of hydrogen-bond donors (Lipinski definition) is 1. The van der Waals surface area contributed by atoms with Gasteiger partial charge in [-0.25, -0.2) is 0 Å². The van der Waals surface area contributed by atoms with Crippen LogP contribution in [0.1, 0.15) is 33.6 Å². The van der Waals surface area contributed by atoms with Crippen molar-refractivity contribution in [2.24, 2.45) is 0 Å². The van der Waals surface area contributed by atoms with Gasteiger partial charge >= 0.3 is 0 Å². The summed E-state index contributed by atoms with van der Waals surface area (Å²) in [5.41, 5.74) is 0. The summed E-state index contributed by atoms with van der Waals surface area (Å²) in [6.45, 7) is 8.49. The Kier molecular flexibility index (Phi) is 17.8. The Bertz CT molecular complexity index is 129. The van der Waals surface area contributed by atoms with E-state index in [0.717, 1.165) is 13.0 Å². The molecule has 15 heavy (non-hydrogen) atoms. The highest BCUT2D eigenvalue weighted by atomic mass is 16.5. The maximum Gasteiger partial charge on any atom is 0.222 e. The second-order valence-electron chi connectivity index (χ2n) is 2.65. The number of amides is 1. The van der Waals surface area contributed by atoms with Crippen molar-refractivity contribution in [3.63, 3.8) is 0 Å². The molecule has 0 aliphatic rings. The summed E-state index contributed by atoms with van der Waals surface area (Å²) in [5.74, 6) is 0.00877. The smallest absolute Gasteiger partial charge is 0.222 e. The molecule has 0 rings (SSSR count). The Hall–Kier alpha value is -0.610. The van der Waals surface area contributed by atoms with Gasteiger partial charge in [-0.1, -0.05) is 20.8 Å². The van der Waals surface area contributed by atoms with Gasteiger partial charge in [0.05, 0.1) is 19.8 Å². The molecular weight excluding hydrogens is 194 g/mol. The number of nitrogens with one attached hydrogen (secondary N) is 1. The third-order valence-electron chi connectivity index (χ3n) is 1.47.